The molecule has 1 aliphatic rings. The Balaban J connectivity index is 1.43. The van der Waals surface area contributed by atoms with Gasteiger partial charge in [-0.25, -0.2) is 9.97 Å². The minimum atomic E-state index is -0.617. The molecule has 0 spiro atoms. The molecule has 0 aromatic carbocycles. The number of aliphatic imine (C=N–C) groups is 1. The van der Waals surface area contributed by atoms with Crippen molar-refractivity contribution in [1.29, 1.82) is 0 Å². The summed E-state index contributed by atoms with van der Waals surface area (Å²) in [5.41, 5.74) is 23.5. The Labute approximate surface area is 228 Å². The number of Topliss-reactive ketones (excluding diaryl/α,β-unsaturated/α-hetero) is 1. The molecule has 14 heteroatoms. The number of carbonyl (C=O) groups is 3. The SMILES string of the molecule is NC(=O)[C@H](CCCCN=C(N)N)CC(=O)c1csc([C@@H]2C[C@@H](N)CN2C(=O)c2cn3cc(Cl)ccc3n2)n1. The van der Waals surface area contributed by atoms with Crippen LogP contribution in [0.2, 0.25) is 5.02 Å². The van der Waals surface area contributed by atoms with Gasteiger partial charge in [-0.3, -0.25) is 19.4 Å². The number of amides is 2. The van der Waals surface area contributed by atoms with Crippen LogP contribution in [0.25, 0.3) is 5.65 Å². The molecule has 202 valence electrons. The lowest BCUT2D eigenvalue weighted by molar-refractivity contribution is -0.122. The van der Waals surface area contributed by atoms with Gasteiger partial charge >= 0.3 is 0 Å². The van der Waals surface area contributed by atoms with Crippen LogP contribution >= 0.6 is 22.9 Å². The number of hydrogen-bond acceptors (Lipinski definition) is 8. The fourth-order valence-corrected chi connectivity index (χ4v) is 5.61. The van der Waals surface area contributed by atoms with Gasteiger partial charge in [0.1, 0.15) is 22.0 Å². The quantitative estimate of drug-likeness (QED) is 0.117. The third-order valence-corrected chi connectivity index (χ3v) is 7.58. The van der Waals surface area contributed by atoms with Crippen LogP contribution in [0.15, 0.2) is 34.9 Å². The van der Waals surface area contributed by atoms with E-state index in [0.717, 1.165) is 0 Å². The van der Waals surface area contributed by atoms with Gasteiger partial charge < -0.3 is 32.2 Å². The van der Waals surface area contributed by atoms with Crippen LogP contribution in [0.5, 0.6) is 0 Å². The van der Waals surface area contributed by atoms with Crippen LogP contribution in [-0.4, -0.2) is 62.0 Å². The summed E-state index contributed by atoms with van der Waals surface area (Å²) in [5, 5.41) is 2.78. The number of halogens is 1. The summed E-state index contributed by atoms with van der Waals surface area (Å²) in [7, 11) is 0. The van der Waals surface area contributed by atoms with Crippen molar-refractivity contribution in [2.45, 2.75) is 44.2 Å². The first-order valence-electron chi connectivity index (χ1n) is 12.2. The molecule has 1 fully saturated rings. The van der Waals surface area contributed by atoms with E-state index >= 15 is 0 Å². The monoisotopic (exact) mass is 559 g/mol. The number of guanidine groups is 1. The van der Waals surface area contributed by atoms with Crippen LogP contribution in [0.1, 0.15) is 64.1 Å². The maximum atomic E-state index is 13.4. The molecule has 0 unspecified atom stereocenters. The molecule has 4 rings (SSSR count). The smallest absolute Gasteiger partial charge is 0.274 e. The Morgan fingerprint density at radius 3 is 2.66 bits per heavy atom. The number of imidazole rings is 1. The summed E-state index contributed by atoms with van der Waals surface area (Å²) < 4.78 is 1.69. The second-order valence-electron chi connectivity index (χ2n) is 9.31. The van der Waals surface area contributed by atoms with Crippen molar-refractivity contribution in [3.05, 3.63) is 51.3 Å². The van der Waals surface area contributed by atoms with Crippen molar-refractivity contribution in [3.8, 4) is 0 Å². The van der Waals surface area contributed by atoms with Crippen LogP contribution < -0.4 is 22.9 Å². The summed E-state index contributed by atoms with van der Waals surface area (Å²) in [4.78, 5) is 52.8. The highest BCUT2D eigenvalue weighted by molar-refractivity contribution is 7.09. The Bertz CT molecular complexity index is 1370. The normalized spacial score (nSPS) is 18.0. The van der Waals surface area contributed by atoms with Crippen LogP contribution in [0, 0.1) is 5.92 Å². The van der Waals surface area contributed by atoms with Gasteiger partial charge in [0.2, 0.25) is 5.91 Å². The lowest BCUT2D eigenvalue weighted by Crippen LogP contribution is -2.33. The Kier molecular flexibility index (Phi) is 8.59. The highest BCUT2D eigenvalue weighted by Gasteiger charge is 2.38. The zero-order chi connectivity index (χ0) is 27.4. The van der Waals surface area contributed by atoms with Gasteiger partial charge in [-0.2, -0.15) is 0 Å². The van der Waals surface area contributed by atoms with E-state index in [2.05, 4.69) is 15.0 Å². The number of unbranched alkanes of at least 4 members (excludes halogenated alkanes) is 1. The van der Waals surface area contributed by atoms with Crippen LogP contribution in [-0.2, 0) is 4.79 Å². The average molecular weight is 560 g/mol. The Morgan fingerprint density at radius 1 is 1.13 bits per heavy atom. The molecule has 2 amide bonds. The molecule has 1 saturated heterocycles. The average Bonchev–Trinajstić information content (AvgIpc) is 3.59. The Morgan fingerprint density at radius 2 is 1.92 bits per heavy atom. The van der Waals surface area contributed by atoms with Crippen molar-refractivity contribution in [1.82, 2.24) is 19.3 Å². The van der Waals surface area contributed by atoms with Gasteiger partial charge in [0, 0.05) is 49.2 Å². The Hall–Kier alpha value is -3.55. The first-order valence-corrected chi connectivity index (χ1v) is 13.4. The largest absolute Gasteiger partial charge is 0.370 e. The predicted molar refractivity (Wildman–Crippen MR) is 145 cm³/mol. The minimum Gasteiger partial charge on any atom is -0.370 e. The first-order chi connectivity index (χ1) is 18.1. The van der Waals surface area contributed by atoms with Crippen molar-refractivity contribution in [2.24, 2.45) is 33.8 Å². The summed E-state index contributed by atoms with van der Waals surface area (Å²) in [6.07, 6.45) is 5.53. The van der Waals surface area contributed by atoms with Crippen molar-refractivity contribution >= 4 is 52.1 Å². The van der Waals surface area contributed by atoms with E-state index in [9.17, 15) is 14.4 Å². The van der Waals surface area contributed by atoms with Crippen LogP contribution in [0.4, 0.5) is 0 Å². The maximum absolute atomic E-state index is 13.4. The summed E-state index contributed by atoms with van der Waals surface area (Å²) in [6, 6.07) is 2.81. The van der Waals surface area contributed by atoms with Crippen LogP contribution in [0.3, 0.4) is 0 Å². The minimum absolute atomic E-state index is 0.0118. The number of likely N-dealkylation sites (tertiary alicyclic amines) is 1. The second-order valence-corrected chi connectivity index (χ2v) is 10.6. The van der Waals surface area contributed by atoms with Crippen molar-refractivity contribution in [3.63, 3.8) is 0 Å². The standard InChI is InChI=1S/C24H30ClN9O3S/c25-14-4-5-20-31-16(11-33(20)9-14)23(37)34-10-15(26)8-18(34)22-32-17(12-38-22)19(35)7-13(21(27)36)3-1-2-6-30-24(28)29/h4-5,9,11-13,15,18H,1-3,6-8,10,26H2,(H2,27,36)(H4,28,29,30)/t13-,15-,18+/m1/s1. The number of carbonyl (C=O) groups excluding carboxylic acids is 3. The molecule has 3 atom stereocenters. The number of fused-ring (bicyclic) bond motifs is 1. The second kappa shape index (κ2) is 11.9. The zero-order valence-electron chi connectivity index (χ0n) is 20.6. The van der Waals surface area contributed by atoms with Gasteiger partial charge in [0.25, 0.3) is 5.91 Å². The molecule has 0 bridgehead atoms. The van der Waals surface area contributed by atoms with E-state index in [1.165, 1.54) is 11.3 Å². The molecular weight excluding hydrogens is 530 g/mol. The number of ketones is 1. The predicted octanol–water partition coefficient (Wildman–Crippen LogP) is 1.48. The van der Waals surface area contributed by atoms with Crippen molar-refractivity contribution < 1.29 is 14.4 Å². The fraction of sp³-hybridized carbons (Fsp3) is 0.417. The third-order valence-electron chi connectivity index (χ3n) is 6.41. The first kappa shape index (κ1) is 27.5. The highest BCUT2D eigenvalue weighted by atomic mass is 35.5. The van der Waals surface area contributed by atoms with Gasteiger partial charge in [0.15, 0.2) is 11.7 Å². The molecule has 0 aliphatic carbocycles. The molecule has 38 heavy (non-hydrogen) atoms. The number of thiazole rings is 1. The van der Waals surface area contributed by atoms with Gasteiger partial charge in [-0.15, -0.1) is 11.3 Å². The summed E-state index contributed by atoms with van der Waals surface area (Å²) in [5.74, 6) is -1.70. The molecule has 0 saturated carbocycles. The number of pyridine rings is 1. The summed E-state index contributed by atoms with van der Waals surface area (Å²) in [6.45, 7) is 0.781. The van der Waals surface area contributed by atoms with Gasteiger partial charge in [-0.1, -0.05) is 18.0 Å². The molecule has 4 heterocycles. The third kappa shape index (κ3) is 6.47. The van der Waals surface area contributed by atoms with E-state index in [1.54, 1.807) is 39.2 Å². The van der Waals surface area contributed by atoms with E-state index in [-0.39, 0.29) is 47.5 Å². The number of hydrogen-bond donors (Lipinski definition) is 4. The number of nitrogens with zero attached hydrogens (tertiary/aromatic N) is 5. The topological polar surface area (TPSA) is 201 Å². The van der Waals surface area contributed by atoms with E-state index in [0.29, 0.717) is 54.5 Å². The van der Waals surface area contributed by atoms with Gasteiger partial charge in [0.05, 0.1) is 11.1 Å². The van der Waals surface area contributed by atoms with E-state index < -0.39 is 11.8 Å². The van der Waals surface area contributed by atoms with E-state index in [4.69, 9.17) is 34.5 Å². The van der Waals surface area contributed by atoms with Crippen molar-refractivity contribution in [2.75, 3.05) is 13.1 Å². The molecule has 3 aromatic heterocycles. The van der Waals surface area contributed by atoms with Gasteiger partial charge in [-0.05, 0) is 31.4 Å². The van der Waals surface area contributed by atoms with E-state index in [1.807, 2.05) is 0 Å². The number of rotatable bonds is 11. The molecule has 1 aliphatic heterocycles. The lowest BCUT2D eigenvalue weighted by Gasteiger charge is -2.21. The summed E-state index contributed by atoms with van der Waals surface area (Å²) >= 11 is 7.33. The molecule has 12 nitrogen and oxygen atoms in total. The molecular formula is C24H30ClN9O3S. The molecule has 3 aromatic rings. The highest BCUT2D eigenvalue weighted by Crippen LogP contribution is 2.35. The molecule has 8 N–H and O–H groups in total. The lowest BCUT2D eigenvalue weighted by atomic mass is 9.94. The fourth-order valence-electron chi connectivity index (χ4n) is 4.49. The number of primary amides is 1. The number of nitrogens with two attached hydrogens (primary N) is 4. The zero-order valence-corrected chi connectivity index (χ0v) is 22.2. The molecule has 0 radical (unpaired) electrons. The number of aromatic nitrogens is 3. The maximum Gasteiger partial charge on any atom is 0.274 e.